The number of Topliss-reactive ketones (excluding diaryl/α,β-unsaturated/α-hetero) is 1. The van der Waals surface area contributed by atoms with Crippen LogP contribution in [0.15, 0.2) is 64.4 Å². The number of nitrogen functional groups attached to an aromatic ring is 1. The van der Waals surface area contributed by atoms with Crippen molar-refractivity contribution in [1.29, 1.82) is 0 Å². The van der Waals surface area contributed by atoms with Gasteiger partial charge < -0.3 is 10.5 Å². The van der Waals surface area contributed by atoms with E-state index in [2.05, 4.69) is 49.2 Å². The highest BCUT2D eigenvalue weighted by atomic mass is 32.2. The summed E-state index contributed by atoms with van der Waals surface area (Å²) >= 11 is 3.20. The molecule has 0 spiro atoms. The van der Waals surface area contributed by atoms with Gasteiger partial charge in [0.1, 0.15) is 17.8 Å². The topological polar surface area (TPSA) is 82.3 Å². The van der Waals surface area contributed by atoms with Crippen molar-refractivity contribution >= 4 is 50.2 Å². The van der Waals surface area contributed by atoms with Crippen LogP contribution in [0.25, 0.3) is 10.2 Å². The van der Waals surface area contributed by atoms with Gasteiger partial charge in [-0.3, -0.25) is 9.59 Å². The molecule has 0 amide bonds. The number of cyclic esters (lactones) is 1. The number of aromatic nitrogens is 1. The molecule has 5 rings (SSSR count). The Hall–Kier alpha value is -3.23. The summed E-state index contributed by atoms with van der Waals surface area (Å²) in [6, 6.07) is 17.4. The van der Waals surface area contributed by atoms with Gasteiger partial charge in [0.15, 0.2) is 10.9 Å². The van der Waals surface area contributed by atoms with E-state index in [0.29, 0.717) is 23.9 Å². The van der Waals surface area contributed by atoms with Crippen molar-refractivity contribution < 1.29 is 18.7 Å². The minimum absolute atomic E-state index is 0.0259. The van der Waals surface area contributed by atoms with E-state index in [4.69, 9.17) is 10.5 Å². The van der Waals surface area contributed by atoms with Crippen molar-refractivity contribution in [3.05, 3.63) is 82.7 Å². The highest BCUT2D eigenvalue weighted by molar-refractivity contribution is 7.99. The van der Waals surface area contributed by atoms with Crippen molar-refractivity contribution in [2.24, 2.45) is 11.8 Å². The van der Waals surface area contributed by atoms with Gasteiger partial charge in [0.25, 0.3) is 0 Å². The van der Waals surface area contributed by atoms with E-state index in [1.54, 1.807) is 11.8 Å². The Bertz CT molecular complexity index is 1580. The van der Waals surface area contributed by atoms with Gasteiger partial charge in [-0.2, -0.15) is 0 Å². The van der Waals surface area contributed by atoms with E-state index >= 15 is 0 Å². The predicted molar refractivity (Wildman–Crippen MR) is 169 cm³/mol. The number of ketones is 1. The Labute approximate surface area is 255 Å². The van der Waals surface area contributed by atoms with Crippen LogP contribution in [-0.4, -0.2) is 22.8 Å². The third-order valence-corrected chi connectivity index (χ3v) is 9.86. The zero-order valence-electron chi connectivity index (χ0n) is 24.5. The van der Waals surface area contributed by atoms with Crippen LogP contribution in [0.1, 0.15) is 68.7 Å². The summed E-state index contributed by atoms with van der Waals surface area (Å²) in [5.74, 6) is -0.976. The van der Waals surface area contributed by atoms with Crippen molar-refractivity contribution in [1.82, 2.24) is 4.98 Å². The molecule has 1 fully saturated rings. The molecule has 1 aliphatic rings. The first kappa shape index (κ1) is 30.2. The number of aryl methyl sites for hydroxylation is 3. The van der Waals surface area contributed by atoms with Gasteiger partial charge in [-0.25, -0.2) is 9.37 Å². The van der Waals surface area contributed by atoms with Crippen LogP contribution in [0.3, 0.4) is 0 Å². The average Bonchev–Trinajstić information content (AvgIpc) is 3.31. The molecule has 1 aromatic heterocycles. The average molecular weight is 605 g/mol. The number of nitrogens with two attached hydrogens (primary N) is 1. The van der Waals surface area contributed by atoms with Crippen molar-refractivity contribution in [2.45, 2.75) is 81.6 Å². The van der Waals surface area contributed by atoms with Crippen LogP contribution in [0.4, 0.5) is 9.52 Å². The second-order valence-electron chi connectivity index (χ2n) is 11.7. The first-order valence-electron chi connectivity index (χ1n) is 14.5. The highest BCUT2D eigenvalue weighted by Crippen LogP contribution is 2.39. The van der Waals surface area contributed by atoms with Gasteiger partial charge in [-0.15, -0.1) is 0 Å². The summed E-state index contributed by atoms with van der Waals surface area (Å²) < 4.78 is 20.1. The number of nitrogens with zero attached hydrogens (tertiary/aromatic N) is 1. The number of benzene rings is 3. The molecule has 3 aromatic carbocycles. The minimum Gasteiger partial charge on any atom is -0.461 e. The van der Waals surface area contributed by atoms with Gasteiger partial charge in [0.2, 0.25) is 0 Å². The Balaban J connectivity index is 1.41. The zero-order valence-corrected chi connectivity index (χ0v) is 26.1. The predicted octanol–water partition coefficient (Wildman–Crippen LogP) is 8.17. The van der Waals surface area contributed by atoms with Crippen LogP contribution in [0.5, 0.6) is 0 Å². The maximum Gasteiger partial charge on any atom is 0.316 e. The molecular formula is C34H37FN2O3S2. The Morgan fingerprint density at radius 3 is 2.45 bits per heavy atom. The summed E-state index contributed by atoms with van der Waals surface area (Å²) in [7, 11) is 0. The van der Waals surface area contributed by atoms with Crippen LogP contribution in [0.2, 0.25) is 0 Å². The molecule has 2 unspecified atom stereocenters. The number of carbonyl (C=O) groups is 2. The van der Waals surface area contributed by atoms with Crippen LogP contribution in [0, 0.1) is 17.7 Å². The number of ether oxygens (including phenoxy) is 1. The number of rotatable bonds is 10. The van der Waals surface area contributed by atoms with Gasteiger partial charge >= 0.3 is 5.97 Å². The lowest BCUT2D eigenvalue weighted by atomic mass is 9.86. The number of hydrogen-bond donors (Lipinski definition) is 1. The van der Waals surface area contributed by atoms with Crippen LogP contribution < -0.4 is 5.73 Å². The quantitative estimate of drug-likeness (QED) is 0.145. The van der Waals surface area contributed by atoms with Crippen molar-refractivity contribution in [3.63, 3.8) is 0 Å². The van der Waals surface area contributed by atoms with E-state index < -0.39 is 11.9 Å². The summed E-state index contributed by atoms with van der Waals surface area (Å²) in [5.41, 5.74) is 11.5. The fourth-order valence-electron chi connectivity index (χ4n) is 5.42. The highest BCUT2D eigenvalue weighted by Gasteiger charge is 2.38. The summed E-state index contributed by atoms with van der Waals surface area (Å²) in [6.07, 6.45) is 2.49. The number of hydrogen-bond acceptors (Lipinski definition) is 7. The number of fused-ring (bicyclic) bond motifs is 1. The number of esters is 1. The lowest BCUT2D eigenvalue weighted by Crippen LogP contribution is -2.40. The SMILES string of the molecule is CC(C)c1cc2nc(N)sc2cc1Sc1ccc(CCc2ccc(F)cc2)c(CCC2C(=O)CC(C(C)C)OC2=O)c1. The summed E-state index contributed by atoms with van der Waals surface area (Å²) in [6.45, 7) is 8.28. The molecule has 2 N–H and O–H groups in total. The van der Waals surface area contributed by atoms with E-state index in [9.17, 15) is 14.0 Å². The zero-order chi connectivity index (χ0) is 30.0. The molecule has 0 bridgehead atoms. The van der Waals surface area contributed by atoms with Gasteiger partial charge in [-0.05, 0) is 96.2 Å². The molecule has 0 radical (unpaired) electrons. The van der Waals surface area contributed by atoms with Crippen molar-refractivity contribution in [3.8, 4) is 0 Å². The lowest BCUT2D eigenvalue weighted by Gasteiger charge is -2.29. The Kier molecular flexibility index (Phi) is 9.33. The molecule has 220 valence electrons. The standard InChI is InChI=1S/C34H37FN2O3S2/c1-19(2)27-16-28-32(42-34(36)37-28)18-31(27)41-25-13-9-22(8-5-21-6-11-24(35)12-7-21)23(15-25)10-14-26-29(38)17-30(20(3)4)40-33(26)39/h6-7,9,11-13,15-16,18-20,26,30H,5,8,10,14,17H2,1-4H3,(H2,36,37). The maximum atomic E-state index is 13.4. The molecule has 2 heterocycles. The fraction of sp³-hybridized carbons (Fsp3) is 0.382. The molecule has 2 atom stereocenters. The molecule has 42 heavy (non-hydrogen) atoms. The normalized spacial score (nSPS) is 17.4. The third-order valence-electron chi connectivity index (χ3n) is 7.95. The van der Waals surface area contributed by atoms with E-state index in [1.807, 2.05) is 26.0 Å². The fourth-order valence-corrected chi connectivity index (χ4v) is 7.43. The summed E-state index contributed by atoms with van der Waals surface area (Å²) in [5, 5.41) is 0.560. The van der Waals surface area contributed by atoms with Crippen LogP contribution >= 0.6 is 23.1 Å². The van der Waals surface area contributed by atoms with Gasteiger partial charge in [0.05, 0.1) is 10.2 Å². The first-order valence-corrected chi connectivity index (χ1v) is 16.2. The van der Waals surface area contributed by atoms with Crippen molar-refractivity contribution in [2.75, 3.05) is 5.73 Å². The molecule has 4 aromatic rings. The smallest absolute Gasteiger partial charge is 0.316 e. The largest absolute Gasteiger partial charge is 0.461 e. The number of thiazole rings is 1. The third kappa shape index (κ3) is 7.04. The molecule has 5 nitrogen and oxygen atoms in total. The molecule has 1 aliphatic heterocycles. The second kappa shape index (κ2) is 13.0. The Morgan fingerprint density at radius 2 is 1.76 bits per heavy atom. The minimum atomic E-state index is -0.729. The second-order valence-corrected chi connectivity index (χ2v) is 13.9. The summed E-state index contributed by atoms with van der Waals surface area (Å²) in [4.78, 5) is 32.5. The van der Waals surface area contributed by atoms with E-state index in [-0.39, 0.29) is 30.0 Å². The van der Waals surface area contributed by atoms with E-state index in [0.717, 1.165) is 49.5 Å². The van der Waals surface area contributed by atoms with Crippen LogP contribution in [-0.2, 0) is 33.6 Å². The first-order chi connectivity index (χ1) is 20.1. The molecule has 1 saturated heterocycles. The van der Waals surface area contributed by atoms with Gasteiger partial charge in [-0.1, -0.05) is 69.0 Å². The number of halogens is 1. The molecule has 0 aliphatic carbocycles. The molecule has 8 heteroatoms. The maximum absolute atomic E-state index is 13.4. The Morgan fingerprint density at radius 1 is 1.00 bits per heavy atom. The molecular weight excluding hydrogens is 568 g/mol. The molecule has 0 saturated carbocycles. The van der Waals surface area contributed by atoms with E-state index in [1.165, 1.54) is 29.0 Å². The lowest BCUT2D eigenvalue weighted by molar-refractivity contribution is -0.167. The number of anilines is 1. The number of carbonyl (C=O) groups excluding carboxylic acids is 2. The van der Waals surface area contributed by atoms with Gasteiger partial charge in [0, 0.05) is 16.2 Å². The monoisotopic (exact) mass is 604 g/mol.